The van der Waals surface area contributed by atoms with Crippen molar-refractivity contribution in [3.8, 4) is 16.9 Å². The van der Waals surface area contributed by atoms with Crippen molar-refractivity contribution in [2.24, 2.45) is 7.05 Å². The van der Waals surface area contributed by atoms with Crippen LogP contribution in [0.15, 0.2) is 52.3 Å². The average Bonchev–Trinajstić information content (AvgIpc) is 2.64. The van der Waals surface area contributed by atoms with E-state index in [1.807, 2.05) is 0 Å². The quantitative estimate of drug-likeness (QED) is 0.703. The van der Waals surface area contributed by atoms with Gasteiger partial charge in [-0.2, -0.15) is 0 Å². The first kappa shape index (κ1) is 18.1. The van der Waals surface area contributed by atoms with E-state index in [1.54, 1.807) is 26.2 Å². The largest absolute Gasteiger partial charge is 0.496 e. The van der Waals surface area contributed by atoms with Crippen molar-refractivity contribution in [1.82, 2.24) is 4.57 Å². The average molecular weight is 375 g/mol. The molecule has 2 aromatic carbocycles. The lowest BCUT2D eigenvalue weighted by molar-refractivity contribution is 0.416. The fraction of sp³-hybridized carbons (Fsp3) is 0.211. The summed E-state index contributed by atoms with van der Waals surface area (Å²) in [5.74, 6) is -0.0804. The lowest BCUT2D eigenvalue weighted by Gasteiger charge is -2.14. The van der Waals surface area contributed by atoms with Crippen LogP contribution in [-0.4, -0.2) is 25.8 Å². The number of benzene rings is 2. The topological polar surface area (TPSA) is 65.4 Å². The van der Waals surface area contributed by atoms with Crippen molar-refractivity contribution in [1.29, 1.82) is 0 Å². The summed E-state index contributed by atoms with van der Waals surface area (Å²) < 4.78 is 44.9. The van der Waals surface area contributed by atoms with Crippen LogP contribution in [0.25, 0.3) is 21.9 Å². The van der Waals surface area contributed by atoms with Gasteiger partial charge in [-0.1, -0.05) is 13.0 Å². The van der Waals surface area contributed by atoms with E-state index in [0.29, 0.717) is 22.3 Å². The first-order valence-corrected chi connectivity index (χ1v) is 9.63. The molecule has 0 aliphatic heterocycles. The van der Waals surface area contributed by atoms with Crippen molar-refractivity contribution >= 4 is 20.6 Å². The Balaban J connectivity index is 2.42. The molecule has 0 unspecified atom stereocenters. The first-order valence-electron chi connectivity index (χ1n) is 7.98. The number of hydrogen-bond acceptors (Lipinski definition) is 4. The van der Waals surface area contributed by atoms with Crippen LogP contribution in [0.4, 0.5) is 4.39 Å². The van der Waals surface area contributed by atoms with E-state index < -0.39 is 15.7 Å². The molecule has 3 aromatic rings. The molecule has 0 amide bonds. The lowest BCUT2D eigenvalue weighted by atomic mass is 9.99. The van der Waals surface area contributed by atoms with Crippen molar-refractivity contribution in [3.05, 3.63) is 58.8 Å². The molecular formula is C19H18FNO4S. The number of ether oxygens (including phenoxy) is 1. The number of sulfone groups is 1. The molecule has 136 valence electrons. The molecule has 0 N–H and O–H groups in total. The zero-order chi connectivity index (χ0) is 19.1. The van der Waals surface area contributed by atoms with Gasteiger partial charge < -0.3 is 9.30 Å². The Hall–Kier alpha value is -2.67. The number of hydrogen-bond donors (Lipinski definition) is 0. The summed E-state index contributed by atoms with van der Waals surface area (Å²) in [6, 6.07) is 8.57. The molecule has 0 aliphatic rings. The summed E-state index contributed by atoms with van der Waals surface area (Å²) in [7, 11) is -0.368. The Morgan fingerprint density at radius 3 is 2.46 bits per heavy atom. The van der Waals surface area contributed by atoms with Crippen molar-refractivity contribution < 1.29 is 17.5 Å². The monoisotopic (exact) mass is 375 g/mol. The van der Waals surface area contributed by atoms with Gasteiger partial charge in [0.1, 0.15) is 11.6 Å². The number of nitrogens with zero attached hydrogens (tertiary/aromatic N) is 1. The number of pyridine rings is 1. The second kappa shape index (κ2) is 6.57. The summed E-state index contributed by atoms with van der Waals surface area (Å²) >= 11 is 0. The maximum absolute atomic E-state index is 13.6. The van der Waals surface area contributed by atoms with E-state index in [9.17, 15) is 17.6 Å². The molecule has 26 heavy (non-hydrogen) atoms. The Morgan fingerprint density at radius 1 is 1.08 bits per heavy atom. The summed E-state index contributed by atoms with van der Waals surface area (Å²) in [5, 5.41) is 0.745. The number of rotatable bonds is 4. The van der Waals surface area contributed by atoms with E-state index in [0.717, 1.165) is 0 Å². The van der Waals surface area contributed by atoms with Gasteiger partial charge in [-0.15, -0.1) is 0 Å². The molecular weight excluding hydrogens is 357 g/mol. The van der Waals surface area contributed by atoms with E-state index in [-0.39, 0.29) is 21.6 Å². The fourth-order valence-electron chi connectivity index (χ4n) is 2.91. The highest BCUT2D eigenvalue weighted by Crippen LogP contribution is 2.36. The van der Waals surface area contributed by atoms with Gasteiger partial charge in [0.25, 0.3) is 5.56 Å². The van der Waals surface area contributed by atoms with Crippen LogP contribution < -0.4 is 10.3 Å². The Labute approximate surface area is 150 Å². The summed E-state index contributed by atoms with van der Waals surface area (Å²) in [4.78, 5) is 12.5. The predicted molar refractivity (Wildman–Crippen MR) is 98.9 cm³/mol. The molecule has 0 fully saturated rings. The van der Waals surface area contributed by atoms with E-state index >= 15 is 0 Å². The number of methoxy groups -OCH3 is 1. The fourth-order valence-corrected chi connectivity index (χ4v) is 3.82. The van der Waals surface area contributed by atoms with Crippen LogP contribution in [-0.2, 0) is 16.9 Å². The van der Waals surface area contributed by atoms with Crippen molar-refractivity contribution in [2.75, 3.05) is 12.9 Å². The zero-order valence-electron chi connectivity index (χ0n) is 14.6. The van der Waals surface area contributed by atoms with Gasteiger partial charge in [-0.25, -0.2) is 12.8 Å². The third-order valence-electron chi connectivity index (χ3n) is 4.35. The Kier molecular flexibility index (Phi) is 4.58. The summed E-state index contributed by atoms with van der Waals surface area (Å²) in [6.45, 7) is 1.57. The van der Waals surface area contributed by atoms with Crippen LogP contribution in [0.3, 0.4) is 0 Å². The van der Waals surface area contributed by atoms with E-state index in [4.69, 9.17) is 4.74 Å². The molecule has 5 nitrogen and oxygen atoms in total. The normalized spacial score (nSPS) is 11.7. The van der Waals surface area contributed by atoms with Crippen LogP contribution in [0.2, 0.25) is 0 Å². The number of fused-ring (bicyclic) bond motifs is 1. The molecule has 0 spiro atoms. The van der Waals surface area contributed by atoms with Gasteiger partial charge in [0.2, 0.25) is 0 Å². The van der Waals surface area contributed by atoms with Gasteiger partial charge in [0, 0.05) is 24.4 Å². The molecule has 1 aromatic heterocycles. The predicted octanol–water partition coefficient (Wildman–Crippen LogP) is 3.15. The van der Waals surface area contributed by atoms with Crippen molar-refractivity contribution in [3.63, 3.8) is 0 Å². The number of halogens is 1. The van der Waals surface area contributed by atoms with E-state index in [1.165, 1.54) is 42.0 Å². The lowest BCUT2D eigenvalue weighted by Crippen LogP contribution is -2.17. The highest BCUT2D eigenvalue weighted by Gasteiger charge is 2.18. The Bertz CT molecular complexity index is 1170. The van der Waals surface area contributed by atoms with E-state index in [2.05, 4.69) is 0 Å². The SMILES string of the molecule is CCS(=O)(=O)c1ccc(OC)c(-c2cn(C)c(=O)c3cc(F)ccc23)c1. The smallest absolute Gasteiger partial charge is 0.258 e. The van der Waals surface area contributed by atoms with Gasteiger partial charge in [0.15, 0.2) is 9.84 Å². The van der Waals surface area contributed by atoms with Crippen LogP contribution >= 0.6 is 0 Å². The molecule has 3 rings (SSSR count). The molecule has 0 radical (unpaired) electrons. The molecule has 0 atom stereocenters. The number of aryl methyl sites for hydroxylation is 1. The molecule has 1 heterocycles. The minimum Gasteiger partial charge on any atom is -0.496 e. The van der Waals surface area contributed by atoms with Crippen LogP contribution in [0.5, 0.6) is 5.75 Å². The van der Waals surface area contributed by atoms with Gasteiger partial charge >= 0.3 is 0 Å². The van der Waals surface area contributed by atoms with Crippen LogP contribution in [0.1, 0.15) is 6.92 Å². The summed E-state index contributed by atoms with van der Waals surface area (Å²) in [5.41, 5.74) is 0.779. The third-order valence-corrected chi connectivity index (χ3v) is 6.08. The highest BCUT2D eigenvalue weighted by atomic mass is 32.2. The zero-order valence-corrected chi connectivity index (χ0v) is 15.4. The maximum atomic E-state index is 13.6. The molecule has 0 aliphatic carbocycles. The first-order chi connectivity index (χ1) is 12.3. The van der Waals surface area contributed by atoms with Crippen molar-refractivity contribution in [2.45, 2.75) is 11.8 Å². The maximum Gasteiger partial charge on any atom is 0.258 e. The second-order valence-electron chi connectivity index (χ2n) is 5.91. The standard InChI is InChI=1S/C19H18FNO4S/c1-4-26(23,24)13-6-8-18(25-3)15(10-13)17-11-21(2)19(22)16-9-12(20)5-7-14(16)17/h5-11H,4H2,1-3H3. The summed E-state index contributed by atoms with van der Waals surface area (Å²) in [6.07, 6.45) is 1.60. The molecule has 0 bridgehead atoms. The minimum absolute atomic E-state index is 0.0298. The Morgan fingerprint density at radius 2 is 1.81 bits per heavy atom. The van der Waals surface area contributed by atoms with Crippen LogP contribution in [0, 0.1) is 5.82 Å². The molecule has 7 heteroatoms. The third kappa shape index (κ3) is 2.99. The molecule has 0 saturated heterocycles. The number of aromatic nitrogens is 1. The van der Waals surface area contributed by atoms with Gasteiger partial charge in [-0.3, -0.25) is 4.79 Å². The van der Waals surface area contributed by atoms with Gasteiger partial charge in [0.05, 0.1) is 23.1 Å². The second-order valence-corrected chi connectivity index (χ2v) is 8.19. The highest BCUT2D eigenvalue weighted by molar-refractivity contribution is 7.91. The van der Waals surface area contributed by atoms with Gasteiger partial charge in [-0.05, 0) is 35.7 Å². The molecule has 0 saturated carbocycles. The minimum atomic E-state index is -3.42.